The number of nitrogens with zero attached hydrogens (tertiary/aromatic N) is 3. The van der Waals surface area contributed by atoms with Gasteiger partial charge in [0.15, 0.2) is 5.16 Å². The van der Waals surface area contributed by atoms with Gasteiger partial charge in [-0.2, -0.15) is 15.0 Å². The summed E-state index contributed by atoms with van der Waals surface area (Å²) in [7, 11) is 0. The zero-order chi connectivity index (χ0) is 16.3. The highest BCUT2D eigenvalue weighted by Gasteiger charge is 2.17. The highest BCUT2D eigenvalue weighted by molar-refractivity contribution is 8.00. The molecule has 0 bridgehead atoms. The predicted octanol–water partition coefficient (Wildman–Crippen LogP) is 2.12. The lowest BCUT2D eigenvalue weighted by Gasteiger charge is -2.13. The molecular weight excluding hydrogens is 324 g/mol. The van der Waals surface area contributed by atoms with Crippen molar-refractivity contribution in [1.29, 1.82) is 0 Å². The van der Waals surface area contributed by atoms with Crippen LogP contribution in [0.3, 0.4) is 0 Å². The fourth-order valence-corrected chi connectivity index (χ4v) is 2.56. The minimum atomic E-state index is -0.445. The molecule has 0 fully saturated rings. The summed E-state index contributed by atoms with van der Waals surface area (Å²) >= 11 is 7.08. The lowest BCUT2D eigenvalue weighted by atomic mass is 10.2. The molecule has 1 heterocycles. The Morgan fingerprint density at radius 1 is 1.27 bits per heavy atom. The molecule has 1 aromatic heterocycles. The Hall–Kier alpha value is -2.06. The van der Waals surface area contributed by atoms with Gasteiger partial charge in [0.1, 0.15) is 0 Å². The van der Waals surface area contributed by atoms with E-state index in [2.05, 4.69) is 20.3 Å². The van der Waals surface area contributed by atoms with E-state index in [4.69, 9.17) is 23.1 Å². The van der Waals surface area contributed by atoms with E-state index in [0.717, 1.165) is 17.3 Å². The third-order valence-corrected chi connectivity index (χ3v) is 3.95. The number of nitrogens with one attached hydrogen (secondary N) is 1. The van der Waals surface area contributed by atoms with Gasteiger partial charge in [0.25, 0.3) is 0 Å². The molecule has 9 heteroatoms. The molecule has 5 N–H and O–H groups in total. The number of aryl methyl sites for hydroxylation is 1. The standard InChI is InChI=1S/C13H15ClN6OS/c1-6-3-4-8(14)5-9(6)17-10(21)7(2)22-13-19-11(15)18-12(16)20-13/h3-5,7H,1-2H3,(H,17,21)(H4,15,16,18,19,20)/t7-/m0/s1. The maximum Gasteiger partial charge on any atom is 0.237 e. The number of hydrogen-bond acceptors (Lipinski definition) is 7. The molecule has 2 aromatic rings. The van der Waals surface area contributed by atoms with Gasteiger partial charge in [-0.05, 0) is 31.5 Å². The molecular formula is C13H15ClN6OS. The Morgan fingerprint density at radius 3 is 2.55 bits per heavy atom. The van der Waals surface area contributed by atoms with E-state index in [1.165, 1.54) is 0 Å². The zero-order valence-electron chi connectivity index (χ0n) is 12.0. The first kappa shape index (κ1) is 16.3. The largest absolute Gasteiger partial charge is 0.368 e. The normalized spacial score (nSPS) is 12.0. The average Bonchev–Trinajstić information content (AvgIpc) is 2.41. The van der Waals surface area contributed by atoms with Crippen LogP contribution in [0, 0.1) is 6.92 Å². The van der Waals surface area contributed by atoms with Crippen molar-refractivity contribution in [3.8, 4) is 0 Å². The topological polar surface area (TPSA) is 120 Å². The van der Waals surface area contributed by atoms with E-state index < -0.39 is 5.25 Å². The van der Waals surface area contributed by atoms with Gasteiger partial charge in [0.05, 0.1) is 5.25 Å². The molecule has 2 rings (SSSR count). The molecule has 1 atom stereocenters. The third-order valence-electron chi connectivity index (χ3n) is 2.76. The van der Waals surface area contributed by atoms with Crippen molar-refractivity contribution >= 4 is 46.9 Å². The van der Waals surface area contributed by atoms with Crippen LogP contribution in [0.2, 0.25) is 5.02 Å². The number of nitrogen functional groups attached to an aromatic ring is 2. The summed E-state index contributed by atoms with van der Waals surface area (Å²) < 4.78 is 0. The maximum absolute atomic E-state index is 12.2. The van der Waals surface area contributed by atoms with Gasteiger partial charge in [-0.15, -0.1) is 0 Å². The molecule has 0 saturated heterocycles. The summed E-state index contributed by atoms with van der Waals surface area (Å²) in [6, 6.07) is 5.30. The fraction of sp³-hybridized carbons (Fsp3) is 0.231. The number of carbonyl (C=O) groups is 1. The summed E-state index contributed by atoms with van der Waals surface area (Å²) in [6.07, 6.45) is 0. The number of nitrogens with two attached hydrogens (primary N) is 2. The number of amides is 1. The van der Waals surface area contributed by atoms with E-state index in [1.54, 1.807) is 19.1 Å². The number of hydrogen-bond donors (Lipinski definition) is 3. The molecule has 0 aliphatic heterocycles. The number of aromatic nitrogens is 3. The highest BCUT2D eigenvalue weighted by Crippen LogP contribution is 2.24. The molecule has 0 aliphatic carbocycles. The van der Waals surface area contributed by atoms with E-state index >= 15 is 0 Å². The number of carbonyl (C=O) groups excluding carboxylic acids is 1. The van der Waals surface area contributed by atoms with Crippen molar-refractivity contribution in [2.45, 2.75) is 24.3 Å². The second-order valence-electron chi connectivity index (χ2n) is 4.54. The predicted molar refractivity (Wildman–Crippen MR) is 88.8 cm³/mol. The average molecular weight is 339 g/mol. The van der Waals surface area contributed by atoms with E-state index in [0.29, 0.717) is 15.9 Å². The lowest BCUT2D eigenvalue weighted by molar-refractivity contribution is -0.115. The van der Waals surface area contributed by atoms with E-state index in [9.17, 15) is 4.79 Å². The Morgan fingerprint density at radius 2 is 1.91 bits per heavy atom. The molecule has 0 radical (unpaired) electrons. The van der Waals surface area contributed by atoms with Crippen molar-refractivity contribution in [2.24, 2.45) is 0 Å². The minimum Gasteiger partial charge on any atom is -0.368 e. The molecule has 1 aromatic carbocycles. The monoisotopic (exact) mass is 338 g/mol. The number of rotatable bonds is 4. The molecule has 22 heavy (non-hydrogen) atoms. The van der Waals surface area contributed by atoms with Crippen molar-refractivity contribution < 1.29 is 4.79 Å². The van der Waals surface area contributed by atoms with Crippen molar-refractivity contribution in [3.63, 3.8) is 0 Å². The quantitative estimate of drug-likeness (QED) is 0.730. The molecule has 0 spiro atoms. The highest BCUT2D eigenvalue weighted by atomic mass is 35.5. The summed E-state index contributed by atoms with van der Waals surface area (Å²) in [5.41, 5.74) is 12.6. The first-order valence-corrected chi connectivity index (χ1v) is 7.61. The maximum atomic E-state index is 12.2. The molecule has 0 aliphatic rings. The van der Waals surface area contributed by atoms with Gasteiger partial charge in [0.2, 0.25) is 17.8 Å². The number of halogens is 1. The van der Waals surface area contributed by atoms with E-state index in [1.807, 2.05) is 13.0 Å². The third kappa shape index (κ3) is 4.22. The summed E-state index contributed by atoms with van der Waals surface area (Å²) in [5.74, 6) is -0.158. The number of thioether (sulfide) groups is 1. The second kappa shape index (κ2) is 6.80. The van der Waals surface area contributed by atoms with Crippen molar-refractivity contribution in [3.05, 3.63) is 28.8 Å². The van der Waals surface area contributed by atoms with Crippen LogP contribution >= 0.6 is 23.4 Å². The molecule has 116 valence electrons. The van der Waals surface area contributed by atoms with Gasteiger partial charge in [-0.3, -0.25) is 4.79 Å². The van der Waals surface area contributed by atoms with Crippen LogP contribution in [0.15, 0.2) is 23.4 Å². The molecule has 0 saturated carbocycles. The summed E-state index contributed by atoms with van der Waals surface area (Å²) in [6.45, 7) is 3.62. The van der Waals surface area contributed by atoms with Crippen LogP contribution in [-0.2, 0) is 4.79 Å². The van der Waals surface area contributed by atoms with Crippen LogP contribution < -0.4 is 16.8 Å². The Labute approximate surface area is 136 Å². The second-order valence-corrected chi connectivity index (χ2v) is 6.29. The van der Waals surface area contributed by atoms with Gasteiger partial charge < -0.3 is 16.8 Å². The summed E-state index contributed by atoms with van der Waals surface area (Å²) in [5, 5.41) is 3.23. The molecule has 7 nitrogen and oxygen atoms in total. The van der Waals surface area contributed by atoms with Gasteiger partial charge in [0, 0.05) is 10.7 Å². The number of anilines is 3. The Kier molecular flexibility index (Phi) is 5.04. The van der Waals surface area contributed by atoms with Gasteiger partial charge in [-0.25, -0.2) is 0 Å². The van der Waals surface area contributed by atoms with Crippen LogP contribution in [-0.4, -0.2) is 26.1 Å². The van der Waals surface area contributed by atoms with E-state index in [-0.39, 0.29) is 17.8 Å². The Balaban J connectivity index is 2.07. The smallest absolute Gasteiger partial charge is 0.237 e. The van der Waals surface area contributed by atoms with Crippen LogP contribution in [0.1, 0.15) is 12.5 Å². The SMILES string of the molecule is Cc1ccc(Cl)cc1NC(=O)[C@H](C)Sc1nc(N)nc(N)n1. The minimum absolute atomic E-state index is 0.0216. The van der Waals surface area contributed by atoms with Crippen LogP contribution in [0.4, 0.5) is 17.6 Å². The molecule has 1 amide bonds. The summed E-state index contributed by atoms with van der Waals surface area (Å²) in [4.78, 5) is 23.8. The van der Waals surface area contributed by atoms with Crippen LogP contribution in [0.5, 0.6) is 0 Å². The fourth-order valence-electron chi connectivity index (χ4n) is 1.62. The Bertz CT molecular complexity index is 691. The first-order valence-electron chi connectivity index (χ1n) is 6.36. The first-order chi connectivity index (χ1) is 10.3. The van der Waals surface area contributed by atoms with Gasteiger partial charge >= 0.3 is 0 Å². The van der Waals surface area contributed by atoms with Crippen molar-refractivity contribution in [2.75, 3.05) is 16.8 Å². The van der Waals surface area contributed by atoms with Crippen LogP contribution in [0.25, 0.3) is 0 Å². The molecule has 0 unspecified atom stereocenters. The number of benzene rings is 1. The van der Waals surface area contributed by atoms with Crippen molar-refractivity contribution in [1.82, 2.24) is 15.0 Å². The van der Waals surface area contributed by atoms with Gasteiger partial charge in [-0.1, -0.05) is 29.4 Å². The lowest BCUT2D eigenvalue weighted by Crippen LogP contribution is -2.23. The zero-order valence-corrected chi connectivity index (χ0v) is 13.6.